The molecule has 0 saturated carbocycles. The summed E-state index contributed by atoms with van der Waals surface area (Å²) in [5.41, 5.74) is 0.761. The molecule has 0 aliphatic heterocycles. The Morgan fingerprint density at radius 2 is 1.67 bits per heavy atom. The number of methoxy groups -OCH3 is 1. The Morgan fingerprint density at radius 3 is 2.38 bits per heavy atom. The van der Waals surface area contributed by atoms with E-state index >= 15 is 0 Å². The molecule has 6 heteroatoms. The van der Waals surface area contributed by atoms with Crippen LogP contribution in [0.4, 0.5) is 0 Å². The minimum atomic E-state index is -3.71. The first kappa shape index (κ1) is 16.0. The van der Waals surface area contributed by atoms with Crippen molar-refractivity contribution in [2.45, 2.75) is 4.90 Å². The number of nitrogens with zero attached hydrogens (tertiary/aromatic N) is 1. The number of ether oxygens (including phenoxy) is 1. The van der Waals surface area contributed by atoms with Gasteiger partial charge in [-0.05, 0) is 52.7 Å². The molecule has 3 aromatic rings. The van der Waals surface area contributed by atoms with E-state index in [1.54, 1.807) is 49.6 Å². The Kier molecular flexibility index (Phi) is 4.48. The van der Waals surface area contributed by atoms with E-state index in [2.05, 4.69) is 9.93 Å². The Hall–Kier alpha value is -2.86. The summed E-state index contributed by atoms with van der Waals surface area (Å²) in [7, 11) is -2.12. The zero-order valence-electron chi connectivity index (χ0n) is 13.0. The molecule has 0 heterocycles. The van der Waals surface area contributed by atoms with Crippen LogP contribution in [0.3, 0.4) is 0 Å². The first-order chi connectivity index (χ1) is 11.6. The number of sulfonamides is 1. The Bertz CT molecular complexity index is 981. The van der Waals surface area contributed by atoms with Crippen LogP contribution < -0.4 is 9.57 Å². The van der Waals surface area contributed by atoms with Crippen molar-refractivity contribution in [1.82, 2.24) is 4.83 Å². The summed E-state index contributed by atoms with van der Waals surface area (Å²) < 4.78 is 29.7. The number of benzene rings is 3. The van der Waals surface area contributed by atoms with Crippen LogP contribution in [0.1, 0.15) is 5.56 Å². The molecule has 0 unspecified atom stereocenters. The van der Waals surface area contributed by atoms with Crippen molar-refractivity contribution in [3.05, 3.63) is 72.3 Å². The van der Waals surface area contributed by atoms with Gasteiger partial charge in [0.05, 0.1) is 18.2 Å². The van der Waals surface area contributed by atoms with E-state index in [4.69, 9.17) is 4.74 Å². The van der Waals surface area contributed by atoms with Gasteiger partial charge in [-0.3, -0.25) is 0 Å². The van der Waals surface area contributed by atoms with Crippen molar-refractivity contribution in [2.75, 3.05) is 7.11 Å². The maximum Gasteiger partial charge on any atom is 0.276 e. The van der Waals surface area contributed by atoms with Crippen molar-refractivity contribution < 1.29 is 13.2 Å². The quantitative estimate of drug-likeness (QED) is 0.573. The number of hydrazone groups is 1. The van der Waals surface area contributed by atoms with Crippen molar-refractivity contribution in [2.24, 2.45) is 5.10 Å². The minimum absolute atomic E-state index is 0.174. The van der Waals surface area contributed by atoms with Crippen LogP contribution in [0.2, 0.25) is 0 Å². The maximum absolute atomic E-state index is 12.3. The monoisotopic (exact) mass is 340 g/mol. The number of hydrogen-bond acceptors (Lipinski definition) is 4. The van der Waals surface area contributed by atoms with Gasteiger partial charge in [0, 0.05) is 0 Å². The lowest BCUT2D eigenvalue weighted by Gasteiger charge is -2.05. The van der Waals surface area contributed by atoms with E-state index in [-0.39, 0.29) is 4.90 Å². The normalized spacial score (nSPS) is 11.7. The molecule has 3 rings (SSSR count). The third-order valence-electron chi connectivity index (χ3n) is 3.53. The van der Waals surface area contributed by atoms with Gasteiger partial charge in [0.2, 0.25) is 0 Å². The van der Waals surface area contributed by atoms with Gasteiger partial charge < -0.3 is 4.74 Å². The van der Waals surface area contributed by atoms with E-state index in [1.165, 1.54) is 6.21 Å². The van der Waals surface area contributed by atoms with Crippen LogP contribution in [-0.4, -0.2) is 21.7 Å². The first-order valence-corrected chi connectivity index (χ1v) is 8.74. The van der Waals surface area contributed by atoms with E-state index < -0.39 is 10.0 Å². The van der Waals surface area contributed by atoms with Gasteiger partial charge in [-0.15, -0.1) is 0 Å². The molecule has 0 atom stereocenters. The van der Waals surface area contributed by atoms with Crippen LogP contribution in [-0.2, 0) is 10.0 Å². The average Bonchev–Trinajstić information content (AvgIpc) is 2.62. The highest BCUT2D eigenvalue weighted by Crippen LogP contribution is 2.18. The third kappa shape index (κ3) is 3.55. The molecule has 0 aliphatic rings. The van der Waals surface area contributed by atoms with Crippen LogP contribution in [0, 0.1) is 0 Å². The van der Waals surface area contributed by atoms with Gasteiger partial charge in [0.25, 0.3) is 10.0 Å². The van der Waals surface area contributed by atoms with Crippen LogP contribution in [0.15, 0.2) is 76.7 Å². The molecule has 0 saturated heterocycles. The molecule has 0 bridgehead atoms. The molecule has 3 aromatic carbocycles. The summed E-state index contributed by atoms with van der Waals surface area (Å²) in [5, 5.41) is 5.67. The second kappa shape index (κ2) is 6.72. The maximum atomic E-state index is 12.3. The average molecular weight is 340 g/mol. The highest BCUT2D eigenvalue weighted by Gasteiger charge is 2.12. The van der Waals surface area contributed by atoms with E-state index in [1.807, 2.05) is 24.3 Å². The summed E-state index contributed by atoms with van der Waals surface area (Å²) in [5.74, 6) is 0.726. The van der Waals surface area contributed by atoms with Gasteiger partial charge in [0.15, 0.2) is 0 Å². The van der Waals surface area contributed by atoms with Crippen LogP contribution >= 0.6 is 0 Å². The van der Waals surface area contributed by atoms with Crippen LogP contribution in [0.5, 0.6) is 5.75 Å². The molecule has 0 fully saturated rings. The second-order valence-electron chi connectivity index (χ2n) is 5.14. The summed E-state index contributed by atoms with van der Waals surface area (Å²) in [6.45, 7) is 0. The number of hydrogen-bond donors (Lipinski definition) is 1. The standard InChI is InChI=1S/C18H16N2O3S/c1-23-17-9-6-14(7-10-17)13-19-20-24(21,22)18-11-8-15-4-2-3-5-16(15)12-18/h2-13,20H,1H3/b19-13+. The smallest absolute Gasteiger partial charge is 0.276 e. The van der Waals surface area contributed by atoms with Crippen LogP contribution in [0.25, 0.3) is 10.8 Å². The summed E-state index contributed by atoms with van der Waals surface area (Å²) in [6.07, 6.45) is 1.44. The molecule has 0 radical (unpaired) electrons. The van der Waals surface area contributed by atoms with Gasteiger partial charge in [-0.2, -0.15) is 13.5 Å². The number of rotatable bonds is 5. The molecule has 0 spiro atoms. The van der Waals surface area contributed by atoms with E-state index in [0.29, 0.717) is 0 Å². The Balaban J connectivity index is 1.77. The molecule has 0 amide bonds. The fraction of sp³-hybridized carbons (Fsp3) is 0.0556. The summed E-state index contributed by atoms with van der Waals surface area (Å²) >= 11 is 0. The summed E-state index contributed by atoms with van der Waals surface area (Å²) in [4.78, 5) is 2.40. The number of fused-ring (bicyclic) bond motifs is 1. The molecule has 122 valence electrons. The SMILES string of the molecule is COc1ccc(/C=N/NS(=O)(=O)c2ccc3ccccc3c2)cc1. The first-order valence-electron chi connectivity index (χ1n) is 7.26. The van der Waals surface area contributed by atoms with Gasteiger partial charge >= 0.3 is 0 Å². The zero-order chi connectivity index (χ0) is 17.0. The van der Waals surface area contributed by atoms with Crippen molar-refractivity contribution in [1.29, 1.82) is 0 Å². The molecule has 5 nitrogen and oxygen atoms in total. The Labute approximate surface area is 140 Å². The predicted octanol–water partition coefficient (Wildman–Crippen LogP) is 3.16. The van der Waals surface area contributed by atoms with Gasteiger partial charge in [-0.25, -0.2) is 4.83 Å². The van der Waals surface area contributed by atoms with Gasteiger partial charge in [0.1, 0.15) is 5.75 Å². The molecular weight excluding hydrogens is 324 g/mol. The Morgan fingerprint density at radius 1 is 0.958 bits per heavy atom. The topological polar surface area (TPSA) is 67.8 Å². The fourth-order valence-corrected chi connectivity index (χ4v) is 3.07. The predicted molar refractivity (Wildman–Crippen MR) is 94.9 cm³/mol. The lowest BCUT2D eigenvalue weighted by atomic mass is 10.1. The van der Waals surface area contributed by atoms with Gasteiger partial charge in [-0.1, -0.05) is 30.3 Å². The van der Waals surface area contributed by atoms with E-state index in [9.17, 15) is 8.42 Å². The lowest BCUT2D eigenvalue weighted by Crippen LogP contribution is -2.18. The highest BCUT2D eigenvalue weighted by molar-refractivity contribution is 7.89. The third-order valence-corrected chi connectivity index (χ3v) is 4.75. The van der Waals surface area contributed by atoms with Crippen molar-refractivity contribution >= 4 is 27.0 Å². The summed E-state index contributed by atoms with van der Waals surface area (Å²) in [6, 6.07) is 19.7. The van der Waals surface area contributed by atoms with Crippen molar-refractivity contribution in [3.63, 3.8) is 0 Å². The molecule has 1 N–H and O–H groups in total. The second-order valence-corrected chi connectivity index (χ2v) is 6.80. The molecule has 0 aliphatic carbocycles. The highest BCUT2D eigenvalue weighted by atomic mass is 32.2. The van der Waals surface area contributed by atoms with E-state index in [0.717, 1.165) is 22.1 Å². The number of nitrogens with one attached hydrogen (secondary N) is 1. The lowest BCUT2D eigenvalue weighted by molar-refractivity contribution is 0.415. The molecule has 0 aromatic heterocycles. The largest absolute Gasteiger partial charge is 0.497 e. The van der Waals surface area contributed by atoms with Crippen molar-refractivity contribution in [3.8, 4) is 5.75 Å². The zero-order valence-corrected chi connectivity index (χ0v) is 13.8. The molecular formula is C18H16N2O3S. The minimum Gasteiger partial charge on any atom is -0.497 e. The molecule has 24 heavy (non-hydrogen) atoms. The fourth-order valence-electron chi connectivity index (χ4n) is 2.25.